The third-order valence-corrected chi connectivity index (χ3v) is 4.36. The number of aryl methyl sites for hydroxylation is 2. The van der Waals surface area contributed by atoms with Gasteiger partial charge in [-0.15, -0.1) is 0 Å². The number of hydrogen-bond acceptors (Lipinski definition) is 4. The predicted octanol–water partition coefficient (Wildman–Crippen LogP) is 3.66. The molecule has 2 unspecified atom stereocenters. The molecule has 0 bridgehead atoms. The van der Waals surface area contributed by atoms with Crippen LogP contribution in [0, 0.1) is 16.0 Å². The van der Waals surface area contributed by atoms with Gasteiger partial charge in [-0.05, 0) is 31.6 Å². The van der Waals surface area contributed by atoms with Crippen molar-refractivity contribution in [2.75, 3.05) is 5.32 Å². The molecule has 1 aromatic heterocycles. The first-order valence-electron chi connectivity index (χ1n) is 7.99. The Hall–Kier alpha value is -1.59. The van der Waals surface area contributed by atoms with Gasteiger partial charge in [0, 0.05) is 13.1 Å². The van der Waals surface area contributed by atoms with E-state index in [9.17, 15) is 10.1 Å². The van der Waals surface area contributed by atoms with E-state index in [0.717, 1.165) is 25.2 Å². The monoisotopic (exact) mass is 294 g/mol. The van der Waals surface area contributed by atoms with E-state index in [1.165, 1.54) is 19.3 Å². The van der Waals surface area contributed by atoms with E-state index < -0.39 is 0 Å². The zero-order valence-electron chi connectivity index (χ0n) is 13.3. The van der Waals surface area contributed by atoms with Gasteiger partial charge in [0.15, 0.2) is 0 Å². The fourth-order valence-electron chi connectivity index (χ4n) is 3.15. The highest BCUT2D eigenvalue weighted by molar-refractivity contribution is 5.60. The SMILES string of the molecule is CCCc1nn(C)c(NC2CCCC(C)CC2)c1[N+](=O)[O-]. The summed E-state index contributed by atoms with van der Waals surface area (Å²) in [6.07, 6.45) is 7.29. The number of nitrogens with one attached hydrogen (secondary N) is 1. The summed E-state index contributed by atoms with van der Waals surface area (Å²) in [6.45, 7) is 4.30. The van der Waals surface area contributed by atoms with Gasteiger partial charge >= 0.3 is 5.69 Å². The fourth-order valence-corrected chi connectivity index (χ4v) is 3.15. The van der Waals surface area contributed by atoms with Crippen LogP contribution in [0.15, 0.2) is 0 Å². The summed E-state index contributed by atoms with van der Waals surface area (Å²) in [5, 5.41) is 19.1. The maximum Gasteiger partial charge on any atom is 0.333 e. The minimum Gasteiger partial charge on any atom is -0.362 e. The van der Waals surface area contributed by atoms with Crippen LogP contribution < -0.4 is 5.32 Å². The summed E-state index contributed by atoms with van der Waals surface area (Å²) < 4.78 is 1.64. The van der Waals surface area contributed by atoms with Gasteiger partial charge in [-0.1, -0.05) is 33.1 Å². The van der Waals surface area contributed by atoms with Gasteiger partial charge in [-0.3, -0.25) is 10.1 Å². The maximum absolute atomic E-state index is 11.4. The molecule has 0 aromatic carbocycles. The standard InChI is InChI=1S/C15H26N4O2/c1-4-6-13-14(19(20)21)15(18(3)17-13)16-12-8-5-7-11(2)9-10-12/h11-12,16H,4-10H2,1-3H3. The number of rotatable bonds is 5. The first-order chi connectivity index (χ1) is 10.0. The molecule has 1 saturated carbocycles. The number of aromatic nitrogens is 2. The maximum atomic E-state index is 11.4. The normalized spacial score (nSPS) is 22.8. The molecule has 0 aliphatic heterocycles. The van der Waals surface area contributed by atoms with E-state index in [0.29, 0.717) is 24.0 Å². The second-order valence-corrected chi connectivity index (χ2v) is 6.23. The molecular formula is C15H26N4O2. The smallest absolute Gasteiger partial charge is 0.333 e. The third kappa shape index (κ3) is 3.74. The zero-order chi connectivity index (χ0) is 15.4. The molecule has 1 aliphatic rings. The molecule has 1 aromatic rings. The predicted molar refractivity (Wildman–Crippen MR) is 83.5 cm³/mol. The second-order valence-electron chi connectivity index (χ2n) is 6.23. The Labute approximate surface area is 126 Å². The number of nitrogens with zero attached hydrogens (tertiary/aromatic N) is 3. The molecule has 6 nitrogen and oxygen atoms in total. The highest BCUT2D eigenvalue weighted by Crippen LogP contribution is 2.32. The number of anilines is 1. The lowest BCUT2D eigenvalue weighted by Crippen LogP contribution is -2.21. The van der Waals surface area contributed by atoms with Crippen molar-refractivity contribution in [2.24, 2.45) is 13.0 Å². The van der Waals surface area contributed by atoms with Crippen molar-refractivity contribution in [3.8, 4) is 0 Å². The lowest BCUT2D eigenvalue weighted by molar-refractivity contribution is -0.384. The molecule has 6 heteroatoms. The quantitative estimate of drug-likeness (QED) is 0.511. The van der Waals surface area contributed by atoms with Crippen molar-refractivity contribution < 1.29 is 4.92 Å². The Morgan fingerprint density at radius 3 is 2.81 bits per heavy atom. The molecule has 2 atom stereocenters. The van der Waals surface area contributed by atoms with Crippen LogP contribution in [0.1, 0.15) is 58.1 Å². The molecular weight excluding hydrogens is 268 g/mol. The molecule has 118 valence electrons. The molecule has 21 heavy (non-hydrogen) atoms. The third-order valence-electron chi connectivity index (χ3n) is 4.36. The minimum atomic E-state index is -0.292. The van der Waals surface area contributed by atoms with Crippen molar-refractivity contribution in [2.45, 2.75) is 64.8 Å². The molecule has 1 aliphatic carbocycles. The van der Waals surface area contributed by atoms with Gasteiger partial charge in [-0.2, -0.15) is 5.10 Å². The Morgan fingerprint density at radius 1 is 1.38 bits per heavy atom. The van der Waals surface area contributed by atoms with E-state index in [-0.39, 0.29) is 10.6 Å². The van der Waals surface area contributed by atoms with Gasteiger partial charge in [-0.25, -0.2) is 4.68 Å². The van der Waals surface area contributed by atoms with Crippen LogP contribution in [0.3, 0.4) is 0 Å². The fraction of sp³-hybridized carbons (Fsp3) is 0.800. The molecule has 2 rings (SSSR count). The van der Waals surface area contributed by atoms with Crippen LogP contribution in [0.25, 0.3) is 0 Å². The van der Waals surface area contributed by atoms with E-state index in [2.05, 4.69) is 17.3 Å². The molecule has 0 radical (unpaired) electrons. The molecule has 1 N–H and O–H groups in total. The largest absolute Gasteiger partial charge is 0.362 e. The average molecular weight is 294 g/mol. The molecule has 0 amide bonds. The molecule has 0 saturated heterocycles. The highest BCUT2D eigenvalue weighted by atomic mass is 16.6. The van der Waals surface area contributed by atoms with Gasteiger partial charge in [0.2, 0.25) is 5.82 Å². The highest BCUT2D eigenvalue weighted by Gasteiger charge is 2.28. The van der Waals surface area contributed by atoms with Gasteiger partial charge in [0.25, 0.3) is 0 Å². The lowest BCUT2D eigenvalue weighted by atomic mass is 10.0. The summed E-state index contributed by atoms with van der Waals surface area (Å²) in [7, 11) is 1.79. The van der Waals surface area contributed by atoms with Crippen molar-refractivity contribution >= 4 is 11.5 Å². The lowest BCUT2D eigenvalue weighted by Gasteiger charge is -2.17. The van der Waals surface area contributed by atoms with Crippen molar-refractivity contribution in [1.82, 2.24) is 9.78 Å². The van der Waals surface area contributed by atoms with Crippen LogP contribution in [-0.4, -0.2) is 20.7 Å². The Morgan fingerprint density at radius 2 is 2.14 bits per heavy atom. The van der Waals surface area contributed by atoms with Crippen LogP contribution in [0.2, 0.25) is 0 Å². The second kappa shape index (κ2) is 6.91. The van der Waals surface area contributed by atoms with E-state index >= 15 is 0 Å². The van der Waals surface area contributed by atoms with Gasteiger partial charge in [0.1, 0.15) is 5.69 Å². The van der Waals surface area contributed by atoms with Crippen molar-refractivity contribution in [3.05, 3.63) is 15.8 Å². The minimum absolute atomic E-state index is 0.164. The van der Waals surface area contributed by atoms with Gasteiger partial charge < -0.3 is 5.32 Å². The Balaban J connectivity index is 2.20. The van der Waals surface area contributed by atoms with E-state index in [1.54, 1.807) is 11.7 Å². The first kappa shape index (κ1) is 15.8. The first-order valence-corrected chi connectivity index (χ1v) is 7.99. The van der Waals surface area contributed by atoms with Gasteiger partial charge in [0.05, 0.1) is 4.92 Å². The topological polar surface area (TPSA) is 73.0 Å². The molecule has 0 spiro atoms. The Kier molecular flexibility index (Phi) is 5.20. The molecule has 1 heterocycles. The number of nitro groups is 1. The summed E-state index contributed by atoms with van der Waals surface area (Å²) >= 11 is 0. The average Bonchev–Trinajstić information content (AvgIpc) is 2.58. The molecule has 1 fully saturated rings. The van der Waals surface area contributed by atoms with E-state index in [4.69, 9.17) is 0 Å². The number of hydrogen-bond donors (Lipinski definition) is 1. The summed E-state index contributed by atoms with van der Waals surface area (Å²) in [5.41, 5.74) is 0.756. The summed E-state index contributed by atoms with van der Waals surface area (Å²) in [6, 6.07) is 0.318. The van der Waals surface area contributed by atoms with E-state index in [1.807, 2.05) is 6.92 Å². The van der Waals surface area contributed by atoms with Crippen LogP contribution in [0.5, 0.6) is 0 Å². The van der Waals surface area contributed by atoms with Crippen LogP contribution in [-0.2, 0) is 13.5 Å². The van der Waals surface area contributed by atoms with Crippen molar-refractivity contribution in [3.63, 3.8) is 0 Å². The zero-order valence-corrected chi connectivity index (χ0v) is 13.3. The Bertz CT molecular complexity index is 498. The summed E-state index contributed by atoms with van der Waals surface area (Å²) in [5.74, 6) is 1.33. The van der Waals surface area contributed by atoms with Crippen LogP contribution >= 0.6 is 0 Å². The van der Waals surface area contributed by atoms with Crippen LogP contribution in [0.4, 0.5) is 11.5 Å². The van der Waals surface area contributed by atoms with Crippen molar-refractivity contribution in [1.29, 1.82) is 0 Å². The summed E-state index contributed by atoms with van der Waals surface area (Å²) in [4.78, 5) is 11.1.